The maximum absolute atomic E-state index is 9.75. The normalized spacial score (nSPS) is 27.7. The van der Waals surface area contributed by atoms with E-state index in [-0.39, 0.29) is 16.9 Å². The molecule has 0 bridgehead atoms. The standard InChI is InChI=1S/C12H17NO2/c1-12(2)9(6-13)11(12)8-4-3-7(14)5-10(8)15/h3-5,9,11,14-15H,6,13H2,1-2H3/t9-,11-/m1/s1. The summed E-state index contributed by atoms with van der Waals surface area (Å²) in [5, 5.41) is 19.0. The van der Waals surface area contributed by atoms with Gasteiger partial charge in [-0.05, 0) is 35.4 Å². The molecule has 4 N–H and O–H groups in total. The van der Waals surface area contributed by atoms with Crippen LogP contribution in [0.2, 0.25) is 0 Å². The summed E-state index contributed by atoms with van der Waals surface area (Å²) in [4.78, 5) is 0. The Hall–Kier alpha value is -1.22. The van der Waals surface area contributed by atoms with Crippen LogP contribution in [0.3, 0.4) is 0 Å². The Bertz CT molecular complexity index is 387. The summed E-state index contributed by atoms with van der Waals surface area (Å²) in [6.07, 6.45) is 0. The van der Waals surface area contributed by atoms with Gasteiger partial charge in [-0.2, -0.15) is 0 Å². The zero-order valence-corrected chi connectivity index (χ0v) is 9.07. The van der Waals surface area contributed by atoms with Crippen molar-refractivity contribution >= 4 is 0 Å². The molecule has 2 rings (SSSR count). The monoisotopic (exact) mass is 207 g/mol. The van der Waals surface area contributed by atoms with Crippen molar-refractivity contribution in [2.75, 3.05) is 6.54 Å². The van der Waals surface area contributed by atoms with Crippen LogP contribution in [0.25, 0.3) is 0 Å². The van der Waals surface area contributed by atoms with Gasteiger partial charge in [-0.3, -0.25) is 0 Å². The lowest BCUT2D eigenvalue weighted by Gasteiger charge is -2.06. The van der Waals surface area contributed by atoms with Crippen molar-refractivity contribution in [1.29, 1.82) is 0 Å². The van der Waals surface area contributed by atoms with E-state index in [4.69, 9.17) is 5.73 Å². The zero-order valence-electron chi connectivity index (χ0n) is 9.07. The molecule has 1 saturated carbocycles. The van der Waals surface area contributed by atoms with Crippen LogP contribution < -0.4 is 5.73 Å². The Morgan fingerprint density at radius 2 is 2.00 bits per heavy atom. The minimum Gasteiger partial charge on any atom is -0.508 e. The van der Waals surface area contributed by atoms with Crippen molar-refractivity contribution in [3.8, 4) is 11.5 Å². The number of benzene rings is 1. The summed E-state index contributed by atoms with van der Waals surface area (Å²) < 4.78 is 0. The maximum Gasteiger partial charge on any atom is 0.122 e. The molecule has 2 atom stereocenters. The molecule has 1 aliphatic rings. The van der Waals surface area contributed by atoms with E-state index in [1.165, 1.54) is 6.07 Å². The van der Waals surface area contributed by atoms with E-state index in [2.05, 4.69) is 13.8 Å². The van der Waals surface area contributed by atoms with Gasteiger partial charge in [-0.1, -0.05) is 19.9 Å². The Morgan fingerprint density at radius 3 is 2.47 bits per heavy atom. The predicted octanol–water partition coefficient (Wildman–Crippen LogP) is 1.80. The molecule has 3 heteroatoms. The summed E-state index contributed by atoms with van der Waals surface area (Å²) in [6.45, 7) is 4.95. The number of hydrogen-bond donors (Lipinski definition) is 3. The number of hydrogen-bond acceptors (Lipinski definition) is 3. The van der Waals surface area contributed by atoms with Gasteiger partial charge < -0.3 is 15.9 Å². The minimum absolute atomic E-state index is 0.0963. The first-order valence-corrected chi connectivity index (χ1v) is 5.20. The molecule has 1 aromatic carbocycles. The van der Waals surface area contributed by atoms with Gasteiger partial charge in [0, 0.05) is 6.07 Å². The fourth-order valence-electron chi connectivity index (χ4n) is 2.60. The predicted molar refractivity (Wildman–Crippen MR) is 58.8 cm³/mol. The molecule has 0 amide bonds. The number of phenols is 2. The lowest BCUT2D eigenvalue weighted by Crippen LogP contribution is -2.05. The Balaban J connectivity index is 2.33. The van der Waals surface area contributed by atoms with Crippen LogP contribution in [0, 0.1) is 11.3 Å². The van der Waals surface area contributed by atoms with Crippen LogP contribution in [0.4, 0.5) is 0 Å². The molecule has 0 aliphatic heterocycles. The fourth-order valence-corrected chi connectivity index (χ4v) is 2.60. The molecular formula is C12H17NO2. The summed E-state index contributed by atoms with van der Waals surface area (Å²) in [5.41, 5.74) is 6.74. The van der Waals surface area contributed by atoms with Gasteiger partial charge in [0.2, 0.25) is 0 Å². The smallest absolute Gasteiger partial charge is 0.122 e. The van der Waals surface area contributed by atoms with Gasteiger partial charge >= 0.3 is 0 Å². The molecule has 1 fully saturated rings. The highest BCUT2D eigenvalue weighted by atomic mass is 16.3. The largest absolute Gasteiger partial charge is 0.508 e. The van der Waals surface area contributed by atoms with Gasteiger partial charge in [0.15, 0.2) is 0 Å². The van der Waals surface area contributed by atoms with Crippen LogP contribution in [0.1, 0.15) is 25.3 Å². The maximum atomic E-state index is 9.75. The minimum atomic E-state index is 0.0963. The number of aromatic hydroxyl groups is 2. The van der Waals surface area contributed by atoms with E-state index in [1.807, 2.05) is 0 Å². The first-order chi connectivity index (χ1) is 6.98. The zero-order chi connectivity index (χ0) is 11.2. The van der Waals surface area contributed by atoms with Gasteiger partial charge in [0.1, 0.15) is 11.5 Å². The average molecular weight is 207 g/mol. The van der Waals surface area contributed by atoms with E-state index in [1.54, 1.807) is 12.1 Å². The molecule has 3 nitrogen and oxygen atoms in total. The van der Waals surface area contributed by atoms with Crippen molar-refractivity contribution in [3.63, 3.8) is 0 Å². The van der Waals surface area contributed by atoms with Gasteiger partial charge in [-0.25, -0.2) is 0 Å². The van der Waals surface area contributed by atoms with Crippen molar-refractivity contribution in [2.24, 2.45) is 17.1 Å². The highest BCUT2D eigenvalue weighted by Gasteiger charge is 2.57. The number of phenolic OH excluding ortho intramolecular Hbond substituents is 2. The summed E-state index contributed by atoms with van der Waals surface area (Å²) >= 11 is 0. The molecule has 0 spiro atoms. The Kier molecular flexibility index (Phi) is 2.15. The molecule has 1 aliphatic carbocycles. The van der Waals surface area contributed by atoms with Crippen LogP contribution >= 0.6 is 0 Å². The highest BCUT2D eigenvalue weighted by molar-refractivity contribution is 5.45. The molecule has 0 heterocycles. The van der Waals surface area contributed by atoms with E-state index in [0.717, 1.165) is 5.56 Å². The topological polar surface area (TPSA) is 66.5 Å². The second-order valence-corrected chi connectivity index (χ2v) is 4.88. The summed E-state index contributed by atoms with van der Waals surface area (Å²) in [5.74, 6) is 0.999. The molecule has 1 aromatic rings. The third-order valence-electron chi connectivity index (χ3n) is 3.65. The molecule has 0 saturated heterocycles. The number of rotatable bonds is 2. The average Bonchev–Trinajstić information content (AvgIpc) is 2.68. The summed E-state index contributed by atoms with van der Waals surface area (Å²) in [6, 6.07) is 4.78. The lowest BCUT2D eigenvalue weighted by molar-refractivity contribution is 0.443. The van der Waals surface area contributed by atoms with Crippen molar-refractivity contribution in [3.05, 3.63) is 23.8 Å². The van der Waals surface area contributed by atoms with E-state index in [0.29, 0.717) is 18.4 Å². The third kappa shape index (κ3) is 1.47. The molecule has 15 heavy (non-hydrogen) atoms. The third-order valence-corrected chi connectivity index (χ3v) is 3.65. The van der Waals surface area contributed by atoms with Crippen molar-refractivity contribution in [1.82, 2.24) is 0 Å². The van der Waals surface area contributed by atoms with Gasteiger partial charge in [0.05, 0.1) is 0 Å². The van der Waals surface area contributed by atoms with Crippen LogP contribution in [0.5, 0.6) is 11.5 Å². The second-order valence-electron chi connectivity index (χ2n) is 4.88. The van der Waals surface area contributed by atoms with E-state index in [9.17, 15) is 10.2 Å². The first-order valence-electron chi connectivity index (χ1n) is 5.20. The highest BCUT2D eigenvalue weighted by Crippen LogP contribution is 2.65. The molecule has 0 aromatic heterocycles. The van der Waals surface area contributed by atoms with Crippen LogP contribution in [-0.2, 0) is 0 Å². The Labute approximate surface area is 89.5 Å². The number of nitrogens with two attached hydrogens (primary N) is 1. The first kappa shape index (κ1) is 10.3. The Morgan fingerprint density at radius 1 is 1.33 bits per heavy atom. The summed E-state index contributed by atoms with van der Waals surface area (Å²) in [7, 11) is 0. The second kappa shape index (κ2) is 3.14. The lowest BCUT2D eigenvalue weighted by atomic mass is 10.0. The molecule has 0 radical (unpaired) electrons. The van der Waals surface area contributed by atoms with E-state index >= 15 is 0 Å². The SMILES string of the molecule is CC1(C)[C@H](CN)[C@H]1c1ccc(O)cc1O. The molecule has 82 valence electrons. The van der Waals surface area contributed by atoms with Crippen molar-refractivity contribution in [2.45, 2.75) is 19.8 Å². The van der Waals surface area contributed by atoms with Crippen LogP contribution in [-0.4, -0.2) is 16.8 Å². The molecule has 0 unspecified atom stereocenters. The quantitative estimate of drug-likeness (QED) is 0.692. The molecular weight excluding hydrogens is 190 g/mol. The van der Waals surface area contributed by atoms with E-state index < -0.39 is 0 Å². The van der Waals surface area contributed by atoms with Crippen molar-refractivity contribution < 1.29 is 10.2 Å². The fraction of sp³-hybridized carbons (Fsp3) is 0.500. The van der Waals surface area contributed by atoms with Crippen LogP contribution in [0.15, 0.2) is 18.2 Å². The van der Waals surface area contributed by atoms with Gasteiger partial charge in [-0.15, -0.1) is 0 Å². The van der Waals surface area contributed by atoms with Gasteiger partial charge in [0.25, 0.3) is 0 Å².